The van der Waals surface area contributed by atoms with Gasteiger partial charge in [0, 0.05) is 38.1 Å². The molecule has 0 radical (unpaired) electrons. The van der Waals surface area contributed by atoms with E-state index < -0.39 is 12.0 Å². The highest BCUT2D eigenvalue weighted by molar-refractivity contribution is 5.97. The summed E-state index contributed by atoms with van der Waals surface area (Å²) >= 11 is 0. The Morgan fingerprint density at radius 3 is 2.44 bits per heavy atom. The minimum Gasteiger partial charge on any atom is -0.406 e. The number of hydrogen-bond acceptors (Lipinski definition) is 6. The van der Waals surface area contributed by atoms with Crippen LogP contribution in [-0.4, -0.2) is 82.3 Å². The molecule has 2 saturated heterocycles. The van der Waals surface area contributed by atoms with Gasteiger partial charge in [-0.15, -0.1) is 13.2 Å². The van der Waals surface area contributed by atoms with E-state index in [0.717, 1.165) is 5.56 Å². The summed E-state index contributed by atoms with van der Waals surface area (Å²) in [6.07, 6.45) is -4.14. The molecule has 12 heteroatoms. The van der Waals surface area contributed by atoms with Crippen molar-refractivity contribution >= 4 is 22.8 Å². The predicted molar refractivity (Wildman–Crippen MR) is 121 cm³/mol. The Morgan fingerprint density at radius 2 is 1.75 bits per heavy atom. The number of fused-ring (bicyclic) bond motifs is 2. The van der Waals surface area contributed by atoms with Gasteiger partial charge in [0.15, 0.2) is 0 Å². The van der Waals surface area contributed by atoms with Gasteiger partial charge in [-0.25, -0.2) is 0 Å². The maximum Gasteiger partial charge on any atom is 0.573 e. The van der Waals surface area contributed by atoms with E-state index in [2.05, 4.69) is 20.1 Å². The number of carbonyl (C=O) groups excluding carboxylic acids is 2. The van der Waals surface area contributed by atoms with Crippen LogP contribution in [0.25, 0.3) is 11.0 Å². The monoisotopic (exact) mass is 503 g/mol. The molecule has 3 heterocycles. The summed E-state index contributed by atoms with van der Waals surface area (Å²) in [6, 6.07) is 10.7. The lowest BCUT2D eigenvalue weighted by molar-refractivity contribution is -0.274. The van der Waals surface area contributed by atoms with Crippen molar-refractivity contribution in [2.45, 2.75) is 24.8 Å². The van der Waals surface area contributed by atoms with Crippen LogP contribution in [0.15, 0.2) is 42.5 Å². The van der Waals surface area contributed by atoms with E-state index in [1.807, 2.05) is 0 Å². The second kappa shape index (κ2) is 9.08. The van der Waals surface area contributed by atoms with Gasteiger partial charge in [-0.05, 0) is 42.3 Å². The highest BCUT2D eigenvalue weighted by atomic mass is 19.4. The number of likely N-dealkylation sites (tertiary alicyclic amines) is 2. The number of rotatable bonds is 6. The number of benzene rings is 2. The van der Waals surface area contributed by atoms with Crippen LogP contribution >= 0.6 is 0 Å². The van der Waals surface area contributed by atoms with Crippen molar-refractivity contribution in [1.29, 1.82) is 0 Å². The number of H-pyrrole nitrogens is 1. The van der Waals surface area contributed by atoms with Crippen molar-refractivity contribution in [2.75, 3.05) is 33.3 Å². The Morgan fingerprint density at radius 1 is 1.06 bits per heavy atom. The quantitative estimate of drug-likeness (QED) is 0.555. The van der Waals surface area contributed by atoms with Gasteiger partial charge in [0.05, 0.1) is 13.1 Å². The largest absolute Gasteiger partial charge is 0.573 e. The first kappa shape index (κ1) is 24.0. The Balaban J connectivity index is 1.18. The summed E-state index contributed by atoms with van der Waals surface area (Å²) in [5.41, 5.74) is 1.90. The van der Waals surface area contributed by atoms with E-state index in [9.17, 15) is 22.8 Å². The molecule has 1 N–H and O–H groups in total. The van der Waals surface area contributed by atoms with Crippen molar-refractivity contribution in [3.63, 3.8) is 0 Å². The topological polar surface area (TPSA) is 101 Å². The fourth-order valence-corrected chi connectivity index (χ4v) is 5.07. The molecule has 2 aromatic carbocycles. The van der Waals surface area contributed by atoms with Crippen LogP contribution < -0.4 is 4.74 Å². The molecule has 2 fully saturated rings. The van der Waals surface area contributed by atoms with E-state index in [0.29, 0.717) is 49.2 Å². The average molecular weight is 503 g/mol. The van der Waals surface area contributed by atoms with E-state index in [1.54, 1.807) is 35.1 Å². The zero-order chi connectivity index (χ0) is 25.5. The third-order valence-corrected chi connectivity index (χ3v) is 6.94. The molecule has 2 atom stereocenters. The van der Waals surface area contributed by atoms with Gasteiger partial charge >= 0.3 is 6.36 Å². The Hall–Kier alpha value is -3.67. The minimum atomic E-state index is -4.74. The molecular formula is C24H24F3N5O4. The SMILES string of the molecule is CO[C@]12CN(C(=O)CCc3ccc(OC(F)(F)F)cc3)C[C@@H]1CN(C(=O)c1ccc3n[nH]nc3c1)C2. The number of halogens is 3. The number of hydrogen-bond donors (Lipinski definition) is 1. The number of carbonyl (C=O) groups is 2. The van der Waals surface area contributed by atoms with Crippen molar-refractivity contribution in [1.82, 2.24) is 25.2 Å². The normalized spacial score (nSPS) is 21.7. The van der Waals surface area contributed by atoms with Crippen LogP contribution in [0, 0.1) is 5.92 Å². The van der Waals surface area contributed by atoms with Crippen LogP contribution in [0.5, 0.6) is 5.75 Å². The van der Waals surface area contributed by atoms with Crippen LogP contribution in [0.4, 0.5) is 13.2 Å². The summed E-state index contributed by atoms with van der Waals surface area (Å²) in [5.74, 6) is -0.510. The molecule has 2 aliphatic rings. The average Bonchev–Trinajstić information content (AvgIpc) is 3.54. The van der Waals surface area contributed by atoms with Crippen LogP contribution in [0.2, 0.25) is 0 Å². The first-order valence-electron chi connectivity index (χ1n) is 11.4. The minimum absolute atomic E-state index is 0.0232. The first-order chi connectivity index (χ1) is 17.2. The lowest BCUT2D eigenvalue weighted by atomic mass is 9.95. The number of ether oxygens (including phenoxy) is 2. The molecule has 36 heavy (non-hydrogen) atoms. The maximum absolute atomic E-state index is 13.1. The molecule has 1 aromatic heterocycles. The van der Waals surface area contributed by atoms with Crippen LogP contribution in [-0.2, 0) is 16.0 Å². The second-order valence-electron chi connectivity index (χ2n) is 9.14. The zero-order valence-electron chi connectivity index (χ0n) is 19.4. The molecule has 0 spiro atoms. The van der Waals surface area contributed by atoms with Gasteiger partial charge in [-0.1, -0.05) is 12.1 Å². The molecule has 3 aromatic rings. The third-order valence-electron chi connectivity index (χ3n) is 6.94. The van der Waals surface area contributed by atoms with Crippen molar-refractivity contribution in [3.05, 3.63) is 53.6 Å². The van der Waals surface area contributed by atoms with Crippen molar-refractivity contribution in [3.8, 4) is 5.75 Å². The summed E-state index contributed by atoms with van der Waals surface area (Å²) in [7, 11) is 1.60. The number of aryl methyl sites for hydroxylation is 1. The van der Waals surface area contributed by atoms with Gasteiger partial charge in [0.25, 0.3) is 5.91 Å². The zero-order valence-corrected chi connectivity index (χ0v) is 19.4. The van der Waals surface area contributed by atoms with Gasteiger partial charge in [-0.2, -0.15) is 15.4 Å². The van der Waals surface area contributed by atoms with Crippen LogP contribution in [0.3, 0.4) is 0 Å². The highest BCUT2D eigenvalue weighted by Gasteiger charge is 2.55. The molecule has 0 saturated carbocycles. The molecule has 9 nitrogen and oxygen atoms in total. The number of amides is 2. The summed E-state index contributed by atoms with van der Waals surface area (Å²) < 4.78 is 46.7. The lowest BCUT2D eigenvalue weighted by Gasteiger charge is -2.28. The highest BCUT2D eigenvalue weighted by Crippen LogP contribution is 2.38. The molecule has 5 rings (SSSR count). The Kier molecular flexibility index (Phi) is 6.07. The third kappa shape index (κ3) is 4.72. The van der Waals surface area contributed by atoms with E-state index in [4.69, 9.17) is 4.74 Å². The maximum atomic E-state index is 13.1. The van der Waals surface area contributed by atoms with Crippen molar-refractivity contribution in [2.24, 2.45) is 5.92 Å². The smallest absolute Gasteiger partial charge is 0.406 e. The Labute approximate surface area is 204 Å². The second-order valence-corrected chi connectivity index (χ2v) is 9.14. The van der Waals surface area contributed by atoms with E-state index in [-0.39, 0.29) is 29.9 Å². The van der Waals surface area contributed by atoms with Crippen LogP contribution in [0.1, 0.15) is 22.3 Å². The molecule has 0 unspecified atom stereocenters. The predicted octanol–water partition coefficient (Wildman–Crippen LogP) is 2.79. The van der Waals surface area contributed by atoms with Gasteiger partial charge in [-0.3, -0.25) is 9.59 Å². The molecule has 0 bridgehead atoms. The number of methoxy groups -OCH3 is 1. The first-order valence-corrected chi connectivity index (χ1v) is 11.4. The fourth-order valence-electron chi connectivity index (χ4n) is 5.07. The molecule has 0 aliphatic carbocycles. The van der Waals surface area contributed by atoms with E-state index in [1.165, 1.54) is 24.3 Å². The van der Waals surface area contributed by atoms with Gasteiger partial charge < -0.3 is 19.3 Å². The lowest BCUT2D eigenvalue weighted by Crippen LogP contribution is -2.44. The van der Waals surface area contributed by atoms with Gasteiger partial charge in [0.2, 0.25) is 5.91 Å². The number of nitrogens with zero attached hydrogens (tertiary/aromatic N) is 4. The standard InChI is InChI=1S/C24H24F3N5O4/c1-35-23-13-31(21(33)9-4-15-2-6-18(7-3-15)36-24(25,26)27)11-17(23)12-32(14-23)22(34)16-5-8-19-20(10-16)29-30-28-19/h2-3,5-8,10,17H,4,9,11-14H2,1H3,(H,28,29,30)/t17-,23+/m1/s1. The fraction of sp³-hybridized carbons (Fsp3) is 0.417. The summed E-state index contributed by atoms with van der Waals surface area (Å²) in [5, 5.41) is 10.6. The number of aromatic amines is 1. The molecular weight excluding hydrogens is 479 g/mol. The summed E-state index contributed by atoms with van der Waals surface area (Å²) in [6.45, 7) is 1.68. The summed E-state index contributed by atoms with van der Waals surface area (Å²) in [4.78, 5) is 29.5. The molecule has 2 amide bonds. The van der Waals surface area contributed by atoms with Gasteiger partial charge in [0.1, 0.15) is 22.4 Å². The number of aromatic nitrogens is 3. The Bertz CT molecular complexity index is 1280. The van der Waals surface area contributed by atoms with E-state index >= 15 is 0 Å². The molecule has 2 aliphatic heterocycles. The number of nitrogens with one attached hydrogen (secondary N) is 1. The molecule has 190 valence electrons. The van der Waals surface area contributed by atoms with Crippen molar-refractivity contribution < 1.29 is 32.2 Å². The number of alkyl halides is 3.